The van der Waals surface area contributed by atoms with Gasteiger partial charge in [-0.25, -0.2) is 0 Å². The first kappa shape index (κ1) is 20.4. The summed E-state index contributed by atoms with van der Waals surface area (Å²) in [6.07, 6.45) is 5.84. The molecule has 4 aromatic rings. The molecule has 0 spiro atoms. The summed E-state index contributed by atoms with van der Waals surface area (Å²) in [4.78, 5) is 16.9. The number of rotatable bonds is 7. The number of ether oxygens (including phenoxy) is 1. The summed E-state index contributed by atoms with van der Waals surface area (Å²) in [6.45, 7) is 0. The topological polar surface area (TPSA) is 69.7 Å². The number of hydrogen-bond donors (Lipinski definition) is 0. The highest BCUT2D eigenvalue weighted by Gasteiger charge is 2.05. The van der Waals surface area contributed by atoms with Crippen molar-refractivity contribution >= 4 is 29.4 Å². The van der Waals surface area contributed by atoms with Crippen molar-refractivity contribution in [1.29, 1.82) is 0 Å². The van der Waals surface area contributed by atoms with E-state index < -0.39 is 4.92 Å². The Hall–Kier alpha value is -3.84. The third-order valence-corrected chi connectivity index (χ3v) is 5.58. The Morgan fingerprint density at radius 3 is 2.19 bits per heavy atom. The molecule has 0 bridgehead atoms. The van der Waals surface area contributed by atoms with Crippen molar-refractivity contribution in [2.75, 3.05) is 7.11 Å². The molecule has 0 fully saturated rings. The Bertz CT molecular complexity index is 1200. The SMILES string of the molecule is COc1ccc(-n2ccc(C=Nc3ccc(Sc4ccc([N+](=O)[O-])cc4)cc3)c2)cc1. The summed E-state index contributed by atoms with van der Waals surface area (Å²) in [5.74, 6) is 0.827. The van der Waals surface area contributed by atoms with E-state index in [1.165, 1.54) is 12.1 Å². The fourth-order valence-corrected chi connectivity index (χ4v) is 3.74. The Kier molecular flexibility index (Phi) is 6.14. The smallest absolute Gasteiger partial charge is 0.269 e. The molecule has 4 rings (SSSR count). The lowest BCUT2D eigenvalue weighted by Crippen LogP contribution is -1.90. The van der Waals surface area contributed by atoms with E-state index in [0.717, 1.165) is 32.5 Å². The standard InChI is InChI=1S/C24H19N3O3S/c1-30-22-8-4-20(5-9-22)26-15-14-18(17-26)16-25-19-2-10-23(11-3-19)31-24-12-6-21(7-13-24)27(28)29/h2-17H,1H3. The van der Waals surface area contributed by atoms with Gasteiger partial charge in [-0.05, 0) is 66.7 Å². The zero-order valence-corrected chi connectivity index (χ0v) is 17.5. The van der Waals surface area contributed by atoms with Crippen LogP contribution in [0, 0.1) is 10.1 Å². The van der Waals surface area contributed by atoms with Gasteiger partial charge in [0, 0.05) is 51.8 Å². The van der Waals surface area contributed by atoms with Gasteiger partial charge in [-0.1, -0.05) is 11.8 Å². The molecular weight excluding hydrogens is 410 g/mol. The number of aromatic nitrogens is 1. The molecule has 1 heterocycles. The molecule has 154 valence electrons. The van der Waals surface area contributed by atoms with Gasteiger partial charge in [-0.3, -0.25) is 15.1 Å². The summed E-state index contributed by atoms with van der Waals surface area (Å²) in [5, 5.41) is 10.7. The van der Waals surface area contributed by atoms with Crippen LogP contribution in [0.1, 0.15) is 5.56 Å². The number of non-ortho nitro benzene ring substituents is 1. The minimum absolute atomic E-state index is 0.0925. The number of nitro groups is 1. The van der Waals surface area contributed by atoms with E-state index in [9.17, 15) is 10.1 Å². The number of methoxy groups -OCH3 is 1. The van der Waals surface area contributed by atoms with Gasteiger partial charge in [0.1, 0.15) is 5.75 Å². The molecule has 0 saturated carbocycles. The summed E-state index contributed by atoms with van der Waals surface area (Å²) in [7, 11) is 1.65. The second kappa shape index (κ2) is 9.32. The van der Waals surface area contributed by atoms with E-state index in [4.69, 9.17) is 4.74 Å². The number of nitro benzene ring substituents is 1. The van der Waals surface area contributed by atoms with Crippen molar-refractivity contribution in [1.82, 2.24) is 4.57 Å². The summed E-state index contributed by atoms with van der Waals surface area (Å²) in [6, 6.07) is 24.3. The average Bonchev–Trinajstić information content (AvgIpc) is 3.28. The van der Waals surface area contributed by atoms with Crippen LogP contribution in [0.2, 0.25) is 0 Å². The van der Waals surface area contributed by atoms with Crippen LogP contribution in [0.3, 0.4) is 0 Å². The van der Waals surface area contributed by atoms with Crippen LogP contribution in [-0.2, 0) is 0 Å². The molecule has 0 saturated heterocycles. The van der Waals surface area contributed by atoms with Gasteiger partial charge in [0.2, 0.25) is 0 Å². The number of aliphatic imine (C=N–C) groups is 1. The van der Waals surface area contributed by atoms with Gasteiger partial charge in [0.05, 0.1) is 17.7 Å². The second-order valence-corrected chi connectivity index (χ2v) is 7.80. The maximum Gasteiger partial charge on any atom is 0.269 e. The third-order valence-electron chi connectivity index (χ3n) is 4.57. The Morgan fingerprint density at radius 1 is 0.935 bits per heavy atom. The van der Waals surface area contributed by atoms with Gasteiger partial charge in [0.25, 0.3) is 5.69 Å². The van der Waals surface area contributed by atoms with Crippen molar-refractivity contribution < 1.29 is 9.66 Å². The predicted molar refractivity (Wildman–Crippen MR) is 123 cm³/mol. The van der Waals surface area contributed by atoms with Gasteiger partial charge >= 0.3 is 0 Å². The van der Waals surface area contributed by atoms with Crippen LogP contribution in [0.4, 0.5) is 11.4 Å². The zero-order valence-electron chi connectivity index (χ0n) is 16.7. The van der Waals surface area contributed by atoms with Gasteiger partial charge in [0.15, 0.2) is 0 Å². The van der Waals surface area contributed by atoms with Crippen molar-refractivity contribution in [3.8, 4) is 11.4 Å². The first-order valence-corrected chi connectivity index (χ1v) is 10.3. The van der Waals surface area contributed by atoms with Crippen molar-refractivity contribution in [2.24, 2.45) is 4.99 Å². The minimum atomic E-state index is -0.396. The highest BCUT2D eigenvalue weighted by Crippen LogP contribution is 2.30. The molecule has 0 aliphatic heterocycles. The molecule has 1 aromatic heterocycles. The molecule has 0 atom stereocenters. The molecule has 0 aliphatic rings. The summed E-state index contributed by atoms with van der Waals surface area (Å²) < 4.78 is 7.23. The van der Waals surface area contributed by atoms with Crippen LogP contribution in [0.25, 0.3) is 5.69 Å². The fourth-order valence-electron chi connectivity index (χ4n) is 2.93. The van der Waals surface area contributed by atoms with Crippen molar-refractivity contribution in [2.45, 2.75) is 9.79 Å². The minimum Gasteiger partial charge on any atom is -0.497 e. The first-order chi connectivity index (χ1) is 15.1. The quantitative estimate of drug-likeness (QED) is 0.196. The van der Waals surface area contributed by atoms with E-state index >= 15 is 0 Å². The van der Waals surface area contributed by atoms with Gasteiger partial charge in [-0.2, -0.15) is 0 Å². The molecule has 3 aromatic carbocycles. The van der Waals surface area contributed by atoms with Crippen LogP contribution >= 0.6 is 11.8 Å². The number of nitrogens with zero attached hydrogens (tertiary/aromatic N) is 3. The normalized spacial score (nSPS) is 11.0. The zero-order chi connectivity index (χ0) is 21.6. The van der Waals surface area contributed by atoms with Gasteiger partial charge in [-0.15, -0.1) is 0 Å². The lowest BCUT2D eigenvalue weighted by atomic mass is 10.3. The lowest BCUT2D eigenvalue weighted by molar-refractivity contribution is -0.384. The largest absolute Gasteiger partial charge is 0.497 e. The van der Waals surface area contributed by atoms with E-state index in [1.807, 2.05) is 77.8 Å². The Balaban J connectivity index is 1.39. The van der Waals surface area contributed by atoms with E-state index in [2.05, 4.69) is 4.99 Å². The van der Waals surface area contributed by atoms with Crippen LogP contribution in [0.15, 0.2) is 106 Å². The van der Waals surface area contributed by atoms with E-state index in [1.54, 1.807) is 31.0 Å². The van der Waals surface area contributed by atoms with Crippen LogP contribution in [-0.4, -0.2) is 22.8 Å². The molecule has 0 unspecified atom stereocenters. The highest BCUT2D eigenvalue weighted by atomic mass is 32.2. The molecule has 0 amide bonds. The van der Waals surface area contributed by atoms with Crippen molar-refractivity contribution in [3.05, 3.63) is 107 Å². The number of benzene rings is 3. The summed E-state index contributed by atoms with van der Waals surface area (Å²) in [5.41, 5.74) is 2.99. The fraction of sp³-hybridized carbons (Fsp3) is 0.0417. The molecule has 7 heteroatoms. The molecule has 0 radical (unpaired) electrons. The molecule has 0 aliphatic carbocycles. The lowest BCUT2D eigenvalue weighted by Gasteiger charge is -2.04. The molecular formula is C24H19N3O3S. The summed E-state index contributed by atoms with van der Waals surface area (Å²) >= 11 is 1.55. The van der Waals surface area contributed by atoms with Gasteiger partial charge < -0.3 is 9.30 Å². The maximum atomic E-state index is 10.7. The highest BCUT2D eigenvalue weighted by molar-refractivity contribution is 7.99. The number of hydrogen-bond acceptors (Lipinski definition) is 5. The van der Waals surface area contributed by atoms with Crippen molar-refractivity contribution in [3.63, 3.8) is 0 Å². The van der Waals surface area contributed by atoms with E-state index in [-0.39, 0.29) is 5.69 Å². The second-order valence-electron chi connectivity index (χ2n) is 6.66. The first-order valence-electron chi connectivity index (χ1n) is 9.49. The van der Waals surface area contributed by atoms with Crippen LogP contribution < -0.4 is 4.74 Å². The Labute approximate surface area is 184 Å². The molecule has 31 heavy (non-hydrogen) atoms. The predicted octanol–water partition coefficient (Wildman–Crippen LogP) is 6.30. The molecule has 0 N–H and O–H groups in total. The van der Waals surface area contributed by atoms with E-state index in [0.29, 0.717) is 0 Å². The molecule has 6 nitrogen and oxygen atoms in total. The maximum absolute atomic E-state index is 10.7. The average molecular weight is 430 g/mol. The van der Waals surface area contributed by atoms with Crippen LogP contribution in [0.5, 0.6) is 5.75 Å². The Morgan fingerprint density at radius 2 is 1.58 bits per heavy atom. The third kappa shape index (κ3) is 5.21. The monoisotopic (exact) mass is 429 g/mol.